The molecule has 0 spiro atoms. The van der Waals surface area contributed by atoms with E-state index in [1.54, 1.807) is 30.6 Å². The van der Waals surface area contributed by atoms with Crippen molar-refractivity contribution in [3.63, 3.8) is 0 Å². The first-order valence-electron chi connectivity index (χ1n) is 5.88. The molecule has 2 rings (SSSR count). The largest absolute Gasteiger partial charge is 0.355 e. The molecule has 0 aliphatic heterocycles. The Bertz CT molecular complexity index is 530. The number of thioether (sulfide) groups is 1. The molecule has 1 aromatic heterocycles. The number of benzene rings is 1. The summed E-state index contributed by atoms with van der Waals surface area (Å²) in [7, 11) is 0. The average Bonchev–Trinajstić information content (AvgIpc) is 2.91. The van der Waals surface area contributed by atoms with E-state index in [-0.39, 0.29) is 17.5 Å². The summed E-state index contributed by atoms with van der Waals surface area (Å²) in [5, 5.41) is 2.77. The summed E-state index contributed by atoms with van der Waals surface area (Å²) >= 11 is 1.19. The summed E-state index contributed by atoms with van der Waals surface area (Å²) in [6.45, 7) is 0.518. The Labute approximate surface area is 114 Å². The topological polar surface area (TPSA) is 57.8 Å². The van der Waals surface area contributed by atoms with Crippen LogP contribution >= 0.6 is 11.8 Å². The number of H-pyrrole nitrogens is 1. The van der Waals surface area contributed by atoms with Gasteiger partial charge in [-0.1, -0.05) is 12.1 Å². The Morgan fingerprint density at radius 2 is 2.26 bits per heavy atom. The fraction of sp³-hybridized carbons (Fsp3) is 0.231. The van der Waals surface area contributed by atoms with Crippen molar-refractivity contribution in [1.82, 2.24) is 15.3 Å². The first-order chi connectivity index (χ1) is 9.25. The molecule has 4 nitrogen and oxygen atoms in total. The maximum atomic E-state index is 13.3. The number of aromatic amines is 1. The predicted molar refractivity (Wildman–Crippen MR) is 72.4 cm³/mol. The van der Waals surface area contributed by atoms with Crippen LogP contribution in [-0.2, 0) is 11.2 Å². The number of hydrogen-bond acceptors (Lipinski definition) is 3. The van der Waals surface area contributed by atoms with E-state index in [1.165, 1.54) is 17.8 Å². The van der Waals surface area contributed by atoms with E-state index in [0.29, 0.717) is 17.9 Å². The maximum Gasteiger partial charge on any atom is 0.230 e. The molecule has 0 radical (unpaired) electrons. The van der Waals surface area contributed by atoms with Gasteiger partial charge in [0.2, 0.25) is 5.91 Å². The minimum atomic E-state index is -0.295. The van der Waals surface area contributed by atoms with Gasteiger partial charge in [0.05, 0.1) is 5.75 Å². The van der Waals surface area contributed by atoms with Crippen LogP contribution in [0, 0.1) is 5.82 Å². The standard InChI is InChI=1S/C13H14FN3OS/c14-10-3-1-2-4-11(10)19-9-13(18)17-6-5-12-15-7-8-16-12/h1-4,7-8H,5-6,9H2,(H,15,16)(H,17,18). The molecule has 0 bridgehead atoms. The summed E-state index contributed by atoms with van der Waals surface area (Å²) in [6, 6.07) is 6.43. The molecule has 2 N–H and O–H groups in total. The smallest absolute Gasteiger partial charge is 0.230 e. The minimum Gasteiger partial charge on any atom is -0.355 e. The van der Waals surface area contributed by atoms with Crippen LogP contribution in [0.25, 0.3) is 0 Å². The molecule has 100 valence electrons. The van der Waals surface area contributed by atoms with E-state index in [1.807, 2.05) is 0 Å². The van der Waals surface area contributed by atoms with Crippen LogP contribution in [0.4, 0.5) is 4.39 Å². The van der Waals surface area contributed by atoms with Gasteiger partial charge in [0.1, 0.15) is 11.6 Å². The van der Waals surface area contributed by atoms with Crippen molar-refractivity contribution >= 4 is 17.7 Å². The van der Waals surface area contributed by atoms with Gasteiger partial charge >= 0.3 is 0 Å². The molecule has 1 amide bonds. The predicted octanol–water partition coefficient (Wildman–Crippen LogP) is 2.00. The second-order valence-corrected chi connectivity index (χ2v) is 4.87. The fourth-order valence-corrected chi connectivity index (χ4v) is 2.28. The van der Waals surface area contributed by atoms with Gasteiger partial charge in [-0.05, 0) is 12.1 Å². The minimum absolute atomic E-state index is 0.111. The second kappa shape index (κ2) is 6.94. The van der Waals surface area contributed by atoms with Gasteiger partial charge in [-0.2, -0.15) is 0 Å². The van der Waals surface area contributed by atoms with Crippen molar-refractivity contribution < 1.29 is 9.18 Å². The molecule has 0 fully saturated rings. The molecule has 1 aromatic carbocycles. The molecule has 19 heavy (non-hydrogen) atoms. The van der Waals surface area contributed by atoms with Crippen molar-refractivity contribution in [1.29, 1.82) is 0 Å². The third kappa shape index (κ3) is 4.40. The lowest BCUT2D eigenvalue weighted by molar-refractivity contribution is -0.118. The van der Waals surface area contributed by atoms with Gasteiger partial charge in [-0.3, -0.25) is 4.79 Å². The number of nitrogens with one attached hydrogen (secondary N) is 2. The fourth-order valence-electron chi connectivity index (χ4n) is 1.51. The first kappa shape index (κ1) is 13.6. The Kier molecular flexibility index (Phi) is 4.97. The van der Waals surface area contributed by atoms with Gasteiger partial charge in [0, 0.05) is 30.3 Å². The van der Waals surface area contributed by atoms with Gasteiger partial charge in [-0.15, -0.1) is 11.8 Å². The molecule has 6 heteroatoms. The zero-order chi connectivity index (χ0) is 13.5. The van der Waals surface area contributed by atoms with Crippen LogP contribution in [0.5, 0.6) is 0 Å². The molecule has 0 atom stereocenters. The lowest BCUT2D eigenvalue weighted by Crippen LogP contribution is -2.27. The second-order valence-electron chi connectivity index (χ2n) is 3.85. The number of hydrogen-bond donors (Lipinski definition) is 2. The highest BCUT2D eigenvalue weighted by Gasteiger charge is 2.06. The van der Waals surface area contributed by atoms with E-state index in [9.17, 15) is 9.18 Å². The molecule has 1 heterocycles. The van der Waals surface area contributed by atoms with Crippen molar-refractivity contribution in [3.8, 4) is 0 Å². The van der Waals surface area contributed by atoms with E-state index in [4.69, 9.17) is 0 Å². The number of rotatable bonds is 6. The number of carbonyl (C=O) groups excluding carboxylic acids is 1. The lowest BCUT2D eigenvalue weighted by atomic mass is 10.3. The molecular weight excluding hydrogens is 265 g/mol. The van der Waals surface area contributed by atoms with Crippen molar-refractivity contribution in [3.05, 3.63) is 48.3 Å². The molecule has 0 saturated heterocycles. The number of halogens is 1. The molecule has 0 aliphatic rings. The van der Waals surface area contributed by atoms with Crippen molar-refractivity contribution in [2.45, 2.75) is 11.3 Å². The molecule has 0 saturated carbocycles. The number of imidazole rings is 1. The zero-order valence-corrected chi connectivity index (χ0v) is 11.0. The average molecular weight is 279 g/mol. The number of carbonyl (C=O) groups is 1. The lowest BCUT2D eigenvalue weighted by Gasteiger charge is -2.04. The van der Waals surface area contributed by atoms with Crippen LogP contribution in [-0.4, -0.2) is 28.2 Å². The van der Waals surface area contributed by atoms with Crippen LogP contribution in [0.2, 0.25) is 0 Å². The molecule has 0 aliphatic carbocycles. The molecular formula is C13H14FN3OS. The van der Waals surface area contributed by atoms with Gasteiger partial charge in [-0.25, -0.2) is 9.37 Å². The van der Waals surface area contributed by atoms with Crippen LogP contribution in [0.15, 0.2) is 41.6 Å². The highest BCUT2D eigenvalue weighted by atomic mass is 32.2. The zero-order valence-electron chi connectivity index (χ0n) is 10.2. The quantitative estimate of drug-likeness (QED) is 0.795. The number of aromatic nitrogens is 2. The third-order valence-corrected chi connectivity index (χ3v) is 3.48. The molecule has 2 aromatic rings. The summed E-state index contributed by atoms with van der Waals surface area (Å²) in [4.78, 5) is 19.1. The van der Waals surface area contributed by atoms with Crippen molar-refractivity contribution in [2.75, 3.05) is 12.3 Å². The maximum absolute atomic E-state index is 13.3. The van der Waals surface area contributed by atoms with Gasteiger partial charge < -0.3 is 10.3 Å². The van der Waals surface area contributed by atoms with Crippen molar-refractivity contribution in [2.24, 2.45) is 0 Å². The summed E-state index contributed by atoms with van der Waals surface area (Å²) in [5.41, 5.74) is 0. The highest BCUT2D eigenvalue weighted by molar-refractivity contribution is 8.00. The number of amides is 1. The summed E-state index contributed by atoms with van der Waals surface area (Å²) in [6.07, 6.45) is 4.07. The van der Waals surface area contributed by atoms with E-state index < -0.39 is 0 Å². The Hall–Kier alpha value is -1.82. The third-order valence-electron chi connectivity index (χ3n) is 2.43. The van der Waals surface area contributed by atoms with Crippen LogP contribution < -0.4 is 5.32 Å². The molecule has 0 unspecified atom stereocenters. The summed E-state index contributed by atoms with van der Waals surface area (Å²) < 4.78 is 13.3. The highest BCUT2D eigenvalue weighted by Crippen LogP contribution is 2.20. The van der Waals surface area contributed by atoms with E-state index in [0.717, 1.165) is 5.82 Å². The van der Waals surface area contributed by atoms with E-state index >= 15 is 0 Å². The summed E-state index contributed by atoms with van der Waals surface area (Å²) in [5.74, 6) is 0.636. The van der Waals surface area contributed by atoms with Gasteiger partial charge in [0.15, 0.2) is 0 Å². The normalized spacial score (nSPS) is 10.4. The van der Waals surface area contributed by atoms with Gasteiger partial charge in [0.25, 0.3) is 0 Å². The first-order valence-corrected chi connectivity index (χ1v) is 6.86. The number of nitrogens with zero attached hydrogens (tertiary/aromatic N) is 1. The van der Waals surface area contributed by atoms with E-state index in [2.05, 4.69) is 15.3 Å². The van der Waals surface area contributed by atoms with Crippen LogP contribution in [0.3, 0.4) is 0 Å². The Morgan fingerprint density at radius 3 is 3.00 bits per heavy atom. The van der Waals surface area contributed by atoms with Crippen LogP contribution in [0.1, 0.15) is 5.82 Å². The SMILES string of the molecule is O=C(CSc1ccccc1F)NCCc1ncc[nH]1. The monoisotopic (exact) mass is 279 g/mol. The Morgan fingerprint density at radius 1 is 1.42 bits per heavy atom. The Balaban J connectivity index is 1.69.